The van der Waals surface area contributed by atoms with Crippen LogP contribution in [0.1, 0.15) is 41.5 Å². The Kier molecular flexibility index (Phi) is 4.68. The summed E-state index contributed by atoms with van der Waals surface area (Å²) in [4.78, 5) is 8.06. The number of nitrogens with zero attached hydrogens (tertiary/aromatic N) is 2. The predicted octanol–water partition coefficient (Wildman–Crippen LogP) is 3.54. The topological polar surface area (TPSA) is 36.4 Å². The van der Waals surface area contributed by atoms with Crippen LogP contribution in [0.3, 0.4) is 0 Å². The smallest absolute Gasteiger partial charge is 0.0896 e. The molecule has 0 aliphatic carbocycles. The van der Waals surface area contributed by atoms with Gasteiger partial charge in [-0.05, 0) is 55.8 Å². The molecule has 4 heteroatoms. The lowest BCUT2D eigenvalue weighted by Crippen LogP contribution is -2.30. The van der Waals surface area contributed by atoms with Gasteiger partial charge in [0.05, 0.1) is 11.8 Å². The maximum absolute atomic E-state index is 10.4. The summed E-state index contributed by atoms with van der Waals surface area (Å²) in [5.74, 6) is 0. The molecule has 0 bridgehead atoms. The van der Waals surface area contributed by atoms with Crippen molar-refractivity contribution in [3.63, 3.8) is 0 Å². The van der Waals surface area contributed by atoms with Gasteiger partial charge in [0.25, 0.3) is 0 Å². The number of aliphatic hydroxyl groups is 1. The Hall–Kier alpha value is -1.23. The quantitative estimate of drug-likeness (QED) is 0.918. The molecule has 0 saturated carbocycles. The van der Waals surface area contributed by atoms with Gasteiger partial charge in [0, 0.05) is 23.7 Å². The first-order valence-electron chi connectivity index (χ1n) is 7.60. The van der Waals surface area contributed by atoms with Crippen molar-refractivity contribution in [2.45, 2.75) is 44.9 Å². The number of likely N-dealkylation sites (tertiary alicyclic amines) is 1. The van der Waals surface area contributed by atoms with Crippen LogP contribution in [0.25, 0.3) is 0 Å². The standard InChI is InChI=1S/C17H22N2OS/c1-13-5-2-8-18-15(13)12-19-9-3-6-14(19)11-16(20)17-7-4-10-21-17/h2,4-5,7-8,10,14,16,20H,3,6,9,11-12H2,1H3. The fourth-order valence-corrected chi connectivity index (χ4v) is 3.83. The van der Waals surface area contributed by atoms with Crippen molar-refractivity contribution in [1.29, 1.82) is 0 Å². The molecule has 0 radical (unpaired) electrons. The molecule has 0 aromatic carbocycles. The summed E-state index contributed by atoms with van der Waals surface area (Å²) in [6.45, 7) is 4.13. The third-order valence-corrected chi connectivity index (χ3v) is 5.31. The second-order valence-corrected chi connectivity index (χ2v) is 6.78. The molecule has 0 amide bonds. The highest BCUT2D eigenvalue weighted by molar-refractivity contribution is 7.10. The number of aryl methyl sites for hydroxylation is 1. The zero-order chi connectivity index (χ0) is 14.7. The minimum absolute atomic E-state index is 0.333. The molecule has 2 unspecified atom stereocenters. The van der Waals surface area contributed by atoms with Crippen molar-refractivity contribution < 1.29 is 5.11 Å². The number of rotatable bonds is 5. The molecule has 3 heterocycles. The Labute approximate surface area is 130 Å². The zero-order valence-corrected chi connectivity index (χ0v) is 13.2. The van der Waals surface area contributed by atoms with Crippen LogP contribution in [0.2, 0.25) is 0 Å². The molecule has 2 aromatic rings. The van der Waals surface area contributed by atoms with Crippen LogP contribution in [-0.4, -0.2) is 27.6 Å². The van der Waals surface area contributed by atoms with Crippen molar-refractivity contribution in [1.82, 2.24) is 9.88 Å². The molecule has 112 valence electrons. The van der Waals surface area contributed by atoms with Crippen molar-refractivity contribution in [2.24, 2.45) is 0 Å². The summed E-state index contributed by atoms with van der Waals surface area (Å²) < 4.78 is 0. The fourth-order valence-electron chi connectivity index (χ4n) is 3.10. The van der Waals surface area contributed by atoms with E-state index in [4.69, 9.17) is 0 Å². The Balaban J connectivity index is 1.64. The van der Waals surface area contributed by atoms with E-state index >= 15 is 0 Å². The molecule has 1 N–H and O–H groups in total. The minimum atomic E-state index is -0.333. The second kappa shape index (κ2) is 6.69. The van der Waals surface area contributed by atoms with Crippen LogP contribution < -0.4 is 0 Å². The number of aliphatic hydroxyl groups excluding tert-OH is 1. The molecule has 2 atom stereocenters. The van der Waals surface area contributed by atoms with Gasteiger partial charge >= 0.3 is 0 Å². The first-order chi connectivity index (χ1) is 10.2. The zero-order valence-electron chi connectivity index (χ0n) is 12.4. The van der Waals surface area contributed by atoms with Crippen molar-refractivity contribution >= 4 is 11.3 Å². The van der Waals surface area contributed by atoms with Gasteiger partial charge in [-0.15, -0.1) is 11.3 Å². The lowest BCUT2D eigenvalue weighted by molar-refractivity contribution is 0.120. The van der Waals surface area contributed by atoms with Crippen molar-refractivity contribution in [2.75, 3.05) is 6.54 Å². The third kappa shape index (κ3) is 3.51. The molecule has 3 nitrogen and oxygen atoms in total. The van der Waals surface area contributed by atoms with Gasteiger partial charge in [0.15, 0.2) is 0 Å². The van der Waals surface area contributed by atoms with Crippen LogP contribution in [0.15, 0.2) is 35.8 Å². The van der Waals surface area contributed by atoms with E-state index in [1.807, 2.05) is 29.8 Å². The fraction of sp³-hybridized carbons (Fsp3) is 0.471. The highest BCUT2D eigenvalue weighted by Crippen LogP contribution is 2.30. The molecule has 1 fully saturated rings. The normalized spacial score (nSPS) is 20.8. The van der Waals surface area contributed by atoms with Gasteiger partial charge in [0.2, 0.25) is 0 Å². The number of hydrogen-bond donors (Lipinski definition) is 1. The molecule has 0 spiro atoms. The molecule has 21 heavy (non-hydrogen) atoms. The largest absolute Gasteiger partial charge is 0.388 e. The number of aromatic nitrogens is 1. The number of hydrogen-bond acceptors (Lipinski definition) is 4. The molecule has 1 saturated heterocycles. The average molecular weight is 302 g/mol. The monoisotopic (exact) mass is 302 g/mol. The molecular formula is C17H22N2OS. The Bertz CT molecular complexity index is 570. The van der Waals surface area contributed by atoms with E-state index in [9.17, 15) is 5.11 Å². The molecule has 1 aliphatic heterocycles. The molecule has 1 aliphatic rings. The number of thiophene rings is 1. The highest BCUT2D eigenvalue weighted by Gasteiger charge is 2.27. The van der Waals surface area contributed by atoms with Gasteiger partial charge in [-0.2, -0.15) is 0 Å². The van der Waals surface area contributed by atoms with Gasteiger partial charge in [-0.25, -0.2) is 0 Å². The van der Waals surface area contributed by atoms with Crippen molar-refractivity contribution in [3.8, 4) is 0 Å². The lowest BCUT2D eigenvalue weighted by Gasteiger charge is -2.26. The van der Waals surface area contributed by atoms with E-state index in [0.717, 1.165) is 30.1 Å². The van der Waals surface area contributed by atoms with Crippen molar-refractivity contribution in [3.05, 3.63) is 52.0 Å². The van der Waals surface area contributed by atoms with Gasteiger partial charge in [-0.1, -0.05) is 12.1 Å². The first kappa shape index (κ1) is 14.7. The Morgan fingerprint density at radius 3 is 3.10 bits per heavy atom. The van der Waals surface area contributed by atoms with E-state index in [1.54, 1.807) is 11.3 Å². The van der Waals surface area contributed by atoms with E-state index in [1.165, 1.54) is 18.4 Å². The maximum Gasteiger partial charge on any atom is 0.0896 e. The van der Waals surface area contributed by atoms with E-state index < -0.39 is 0 Å². The Morgan fingerprint density at radius 1 is 1.43 bits per heavy atom. The SMILES string of the molecule is Cc1cccnc1CN1CCCC1CC(O)c1cccs1. The number of pyridine rings is 1. The molecular weight excluding hydrogens is 280 g/mol. The minimum Gasteiger partial charge on any atom is -0.388 e. The average Bonchev–Trinajstić information content (AvgIpc) is 3.13. The van der Waals surface area contributed by atoms with E-state index in [-0.39, 0.29) is 6.10 Å². The first-order valence-corrected chi connectivity index (χ1v) is 8.48. The third-order valence-electron chi connectivity index (χ3n) is 4.34. The van der Waals surface area contributed by atoms with Gasteiger partial charge < -0.3 is 5.11 Å². The lowest BCUT2D eigenvalue weighted by atomic mass is 10.1. The van der Waals surface area contributed by atoms with E-state index in [0.29, 0.717) is 6.04 Å². The predicted molar refractivity (Wildman–Crippen MR) is 86.3 cm³/mol. The highest BCUT2D eigenvalue weighted by atomic mass is 32.1. The summed E-state index contributed by atoms with van der Waals surface area (Å²) >= 11 is 1.64. The van der Waals surface area contributed by atoms with Crippen LogP contribution >= 0.6 is 11.3 Å². The summed E-state index contributed by atoms with van der Waals surface area (Å²) in [5.41, 5.74) is 2.41. The van der Waals surface area contributed by atoms with Crippen LogP contribution in [0.4, 0.5) is 0 Å². The summed E-state index contributed by atoms with van der Waals surface area (Å²) in [5, 5.41) is 12.4. The summed E-state index contributed by atoms with van der Waals surface area (Å²) in [7, 11) is 0. The maximum atomic E-state index is 10.4. The summed E-state index contributed by atoms with van der Waals surface area (Å²) in [6.07, 6.45) is 4.75. The van der Waals surface area contributed by atoms with Gasteiger partial charge in [0.1, 0.15) is 0 Å². The van der Waals surface area contributed by atoms with Crippen LogP contribution in [-0.2, 0) is 6.54 Å². The van der Waals surface area contributed by atoms with Crippen LogP contribution in [0, 0.1) is 6.92 Å². The second-order valence-electron chi connectivity index (χ2n) is 5.80. The van der Waals surface area contributed by atoms with Crippen LogP contribution in [0.5, 0.6) is 0 Å². The summed E-state index contributed by atoms with van der Waals surface area (Å²) in [6, 6.07) is 8.60. The molecule has 2 aromatic heterocycles. The Morgan fingerprint density at radius 2 is 2.33 bits per heavy atom. The molecule has 3 rings (SSSR count). The van der Waals surface area contributed by atoms with Gasteiger partial charge in [-0.3, -0.25) is 9.88 Å². The van der Waals surface area contributed by atoms with E-state index in [2.05, 4.69) is 22.9 Å².